The first-order chi connectivity index (χ1) is 13.7. The molecule has 4 aromatic rings. The molecule has 2 heterocycles. The van der Waals surface area contributed by atoms with E-state index in [1.165, 1.54) is 6.33 Å². The number of nitrogens with one attached hydrogen (secondary N) is 1. The van der Waals surface area contributed by atoms with Gasteiger partial charge in [-0.05, 0) is 12.1 Å². The van der Waals surface area contributed by atoms with E-state index in [0.29, 0.717) is 40.5 Å². The van der Waals surface area contributed by atoms with Gasteiger partial charge in [0, 0.05) is 23.2 Å². The SMILES string of the molecule is COc1cc(Nc2ncnc(-c3cc4ccccc4o3)n2)cc(OC)c1OC. The molecule has 0 aliphatic heterocycles. The number of fused-ring (bicyclic) bond motifs is 1. The summed E-state index contributed by atoms with van der Waals surface area (Å²) < 4.78 is 21.9. The molecule has 0 atom stereocenters. The summed E-state index contributed by atoms with van der Waals surface area (Å²) >= 11 is 0. The van der Waals surface area contributed by atoms with Gasteiger partial charge in [0.05, 0.1) is 21.3 Å². The minimum absolute atomic E-state index is 0.361. The molecule has 8 heteroatoms. The molecule has 0 spiro atoms. The number of ether oxygens (including phenoxy) is 3. The lowest BCUT2D eigenvalue weighted by atomic mass is 10.2. The van der Waals surface area contributed by atoms with Gasteiger partial charge < -0.3 is 23.9 Å². The van der Waals surface area contributed by atoms with Crippen molar-refractivity contribution in [2.75, 3.05) is 26.6 Å². The predicted octanol–water partition coefficient (Wildman–Crippen LogP) is 4.05. The third-order valence-electron chi connectivity index (χ3n) is 4.14. The van der Waals surface area contributed by atoms with Gasteiger partial charge in [0.1, 0.15) is 11.9 Å². The zero-order valence-electron chi connectivity index (χ0n) is 15.6. The number of benzene rings is 2. The van der Waals surface area contributed by atoms with Gasteiger partial charge in [-0.25, -0.2) is 9.97 Å². The van der Waals surface area contributed by atoms with Crippen molar-refractivity contribution in [2.24, 2.45) is 0 Å². The summed E-state index contributed by atoms with van der Waals surface area (Å²) in [7, 11) is 4.67. The first-order valence-electron chi connectivity index (χ1n) is 8.47. The third-order valence-corrected chi connectivity index (χ3v) is 4.14. The monoisotopic (exact) mass is 378 g/mol. The van der Waals surface area contributed by atoms with E-state index in [1.54, 1.807) is 33.5 Å². The summed E-state index contributed by atoms with van der Waals surface area (Å²) in [5.74, 6) is 2.92. The topological polar surface area (TPSA) is 91.5 Å². The van der Waals surface area contributed by atoms with E-state index < -0.39 is 0 Å². The fourth-order valence-electron chi connectivity index (χ4n) is 2.85. The summed E-state index contributed by atoms with van der Waals surface area (Å²) in [6, 6.07) is 13.2. The van der Waals surface area contributed by atoms with E-state index in [2.05, 4.69) is 20.3 Å². The van der Waals surface area contributed by atoms with E-state index in [9.17, 15) is 0 Å². The molecule has 142 valence electrons. The van der Waals surface area contributed by atoms with Gasteiger partial charge in [0.15, 0.2) is 17.3 Å². The number of furan rings is 1. The quantitative estimate of drug-likeness (QED) is 0.537. The van der Waals surface area contributed by atoms with E-state index in [4.69, 9.17) is 18.6 Å². The van der Waals surface area contributed by atoms with E-state index >= 15 is 0 Å². The lowest BCUT2D eigenvalue weighted by Gasteiger charge is -2.14. The average Bonchev–Trinajstić information content (AvgIpc) is 3.17. The van der Waals surface area contributed by atoms with Gasteiger partial charge in [-0.15, -0.1) is 0 Å². The molecule has 0 aliphatic carbocycles. The fourth-order valence-corrected chi connectivity index (χ4v) is 2.85. The van der Waals surface area contributed by atoms with Crippen LogP contribution in [-0.4, -0.2) is 36.3 Å². The molecule has 0 amide bonds. The minimum Gasteiger partial charge on any atom is -0.493 e. The standard InChI is InChI=1S/C20H18N4O4/c1-25-15-9-13(10-16(26-2)18(15)27-3)23-20-22-11-21-19(24-20)17-8-12-6-4-5-7-14(12)28-17/h4-11H,1-3H3,(H,21,22,23,24). The van der Waals surface area contributed by atoms with Crippen molar-refractivity contribution < 1.29 is 18.6 Å². The Morgan fingerprint density at radius 1 is 0.893 bits per heavy atom. The van der Waals surface area contributed by atoms with Crippen LogP contribution in [0.15, 0.2) is 53.2 Å². The van der Waals surface area contributed by atoms with Crippen LogP contribution in [-0.2, 0) is 0 Å². The van der Waals surface area contributed by atoms with Crippen LogP contribution < -0.4 is 19.5 Å². The summed E-state index contributed by atoms with van der Waals surface area (Å²) in [6.45, 7) is 0. The molecule has 0 radical (unpaired) electrons. The highest BCUT2D eigenvalue weighted by atomic mass is 16.5. The van der Waals surface area contributed by atoms with Crippen molar-refractivity contribution in [1.82, 2.24) is 15.0 Å². The van der Waals surface area contributed by atoms with Gasteiger partial charge >= 0.3 is 0 Å². The maximum absolute atomic E-state index is 5.83. The van der Waals surface area contributed by atoms with Crippen LogP contribution in [0.3, 0.4) is 0 Å². The molecule has 2 aromatic carbocycles. The van der Waals surface area contributed by atoms with Crippen molar-refractivity contribution in [3.05, 3.63) is 48.8 Å². The number of aromatic nitrogens is 3. The third kappa shape index (κ3) is 3.27. The van der Waals surface area contributed by atoms with Crippen LogP contribution in [0.4, 0.5) is 11.6 Å². The second kappa shape index (κ2) is 7.43. The van der Waals surface area contributed by atoms with Crippen molar-refractivity contribution in [3.63, 3.8) is 0 Å². The predicted molar refractivity (Wildman–Crippen MR) is 104 cm³/mol. The number of methoxy groups -OCH3 is 3. The van der Waals surface area contributed by atoms with Gasteiger partial charge in [-0.2, -0.15) is 4.98 Å². The summed E-state index contributed by atoms with van der Waals surface area (Å²) in [5.41, 5.74) is 1.45. The Labute approximate surface area is 161 Å². The number of hydrogen-bond acceptors (Lipinski definition) is 8. The highest BCUT2D eigenvalue weighted by molar-refractivity contribution is 5.81. The van der Waals surface area contributed by atoms with Crippen molar-refractivity contribution >= 4 is 22.6 Å². The lowest BCUT2D eigenvalue weighted by molar-refractivity contribution is 0.324. The highest BCUT2D eigenvalue weighted by Gasteiger charge is 2.15. The maximum atomic E-state index is 5.83. The van der Waals surface area contributed by atoms with Crippen LogP contribution >= 0.6 is 0 Å². The van der Waals surface area contributed by atoms with E-state index in [1.807, 2.05) is 30.3 Å². The Hall–Kier alpha value is -3.81. The van der Waals surface area contributed by atoms with E-state index in [-0.39, 0.29) is 0 Å². The Kier molecular flexibility index (Phi) is 4.67. The molecule has 0 fully saturated rings. The van der Waals surface area contributed by atoms with Crippen LogP contribution in [0, 0.1) is 0 Å². The number of hydrogen-bond donors (Lipinski definition) is 1. The molecule has 0 saturated carbocycles. The molecular weight excluding hydrogens is 360 g/mol. The Morgan fingerprint density at radius 2 is 1.64 bits per heavy atom. The normalized spacial score (nSPS) is 10.7. The lowest BCUT2D eigenvalue weighted by Crippen LogP contribution is -2.01. The van der Waals surface area contributed by atoms with Crippen LogP contribution in [0.2, 0.25) is 0 Å². The molecular formula is C20H18N4O4. The minimum atomic E-state index is 0.361. The zero-order valence-corrected chi connectivity index (χ0v) is 15.6. The number of para-hydroxylation sites is 1. The van der Waals surface area contributed by atoms with Gasteiger partial charge in [0.2, 0.25) is 17.5 Å². The second-order valence-corrected chi connectivity index (χ2v) is 5.82. The van der Waals surface area contributed by atoms with Gasteiger partial charge in [0.25, 0.3) is 0 Å². The molecule has 4 rings (SSSR count). The van der Waals surface area contributed by atoms with Crippen LogP contribution in [0.5, 0.6) is 17.2 Å². The number of anilines is 2. The number of nitrogens with zero attached hydrogens (tertiary/aromatic N) is 3. The Bertz CT molecular complexity index is 1070. The summed E-state index contributed by atoms with van der Waals surface area (Å²) in [6.07, 6.45) is 1.43. The second-order valence-electron chi connectivity index (χ2n) is 5.82. The van der Waals surface area contributed by atoms with Gasteiger partial charge in [-0.1, -0.05) is 18.2 Å². The summed E-state index contributed by atoms with van der Waals surface area (Å²) in [4.78, 5) is 12.8. The highest BCUT2D eigenvalue weighted by Crippen LogP contribution is 2.40. The first kappa shape index (κ1) is 17.6. The molecule has 1 N–H and O–H groups in total. The Balaban J connectivity index is 1.67. The molecule has 0 bridgehead atoms. The molecule has 0 unspecified atom stereocenters. The smallest absolute Gasteiger partial charge is 0.230 e. The number of rotatable bonds is 6. The summed E-state index contributed by atoms with van der Waals surface area (Å²) in [5, 5.41) is 4.11. The largest absolute Gasteiger partial charge is 0.493 e. The molecule has 8 nitrogen and oxygen atoms in total. The first-order valence-corrected chi connectivity index (χ1v) is 8.47. The average molecular weight is 378 g/mol. The molecule has 0 aliphatic rings. The van der Waals surface area contributed by atoms with Gasteiger partial charge in [-0.3, -0.25) is 0 Å². The van der Waals surface area contributed by atoms with Crippen molar-refractivity contribution in [2.45, 2.75) is 0 Å². The molecule has 0 saturated heterocycles. The maximum Gasteiger partial charge on any atom is 0.230 e. The van der Waals surface area contributed by atoms with E-state index in [0.717, 1.165) is 11.0 Å². The molecule has 28 heavy (non-hydrogen) atoms. The van der Waals surface area contributed by atoms with Crippen molar-refractivity contribution in [3.8, 4) is 28.8 Å². The van der Waals surface area contributed by atoms with Crippen LogP contribution in [0.25, 0.3) is 22.6 Å². The zero-order chi connectivity index (χ0) is 19.5. The Morgan fingerprint density at radius 3 is 2.32 bits per heavy atom. The van der Waals surface area contributed by atoms with Crippen molar-refractivity contribution in [1.29, 1.82) is 0 Å². The molecule has 2 aromatic heterocycles. The fraction of sp³-hybridized carbons (Fsp3) is 0.150. The van der Waals surface area contributed by atoms with Crippen LogP contribution in [0.1, 0.15) is 0 Å².